The van der Waals surface area contributed by atoms with Crippen LogP contribution in [0.5, 0.6) is 0 Å². The van der Waals surface area contributed by atoms with Crippen LogP contribution in [0.15, 0.2) is 29.6 Å². The molecule has 0 saturated carbocycles. The lowest BCUT2D eigenvalue weighted by molar-refractivity contribution is 1.19. The molecule has 0 spiro atoms. The molecule has 1 aromatic heterocycles. The van der Waals surface area contributed by atoms with Gasteiger partial charge in [-0.05, 0) is 24.3 Å². The molecule has 1 N–H and O–H groups in total. The predicted octanol–water partition coefficient (Wildman–Crippen LogP) is 4.54. The van der Waals surface area contributed by atoms with Gasteiger partial charge in [-0.15, -0.1) is 11.3 Å². The highest BCUT2D eigenvalue weighted by Gasteiger charge is 2.03. The van der Waals surface area contributed by atoms with Crippen molar-refractivity contribution in [1.29, 1.82) is 5.26 Å². The predicted molar refractivity (Wildman–Crippen MR) is 72.8 cm³/mol. The summed E-state index contributed by atoms with van der Waals surface area (Å²) >= 11 is 13.5. The monoisotopic (exact) mass is 282 g/mol. The van der Waals surface area contributed by atoms with Crippen LogP contribution in [0.1, 0.15) is 10.4 Å². The van der Waals surface area contributed by atoms with Gasteiger partial charge in [0.2, 0.25) is 0 Å². The maximum absolute atomic E-state index is 8.72. The lowest BCUT2D eigenvalue weighted by Crippen LogP contribution is -1.98. The van der Waals surface area contributed by atoms with Crippen LogP contribution in [-0.2, 0) is 6.54 Å². The van der Waals surface area contributed by atoms with Crippen molar-refractivity contribution in [1.82, 2.24) is 0 Å². The van der Waals surface area contributed by atoms with E-state index in [2.05, 4.69) is 5.32 Å². The van der Waals surface area contributed by atoms with E-state index in [1.807, 2.05) is 17.5 Å². The molecule has 0 aliphatic carbocycles. The van der Waals surface area contributed by atoms with E-state index in [0.717, 1.165) is 15.6 Å². The Morgan fingerprint density at radius 3 is 2.71 bits per heavy atom. The number of thiophene rings is 1. The smallest absolute Gasteiger partial charge is 0.0992 e. The maximum Gasteiger partial charge on any atom is 0.0992 e. The lowest BCUT2D eigenvalue weighted by atomic mass is 10.2. The van der Waals surface area contributed by atoms with E-state index in [0.29, 0.717) is 17.1 Å². The van der Waals surface area contributed by atoms with Gasteiger partial charge in [0, 0.05) is 16.8 Å². The third kappa shape index (κ3) is 3.13. The summed E-state index contributed by atoms with van der Waals surface area (Å²) in [5.74, 6) is 0. The zero-order chi connectivity index (χ0) is 12.3. The standard InChI is InChI=1S/C12H8Cl2N2S/c13-9-4-10(17-7-9)6-16-12-2-1-8(5-15)3-11(12)14/h1-4,7,16H,6H2. The van der Waals surface area contributed by atoms with Crippen LogP contribution < -0.4 is 5.32 Å². The van der Waals surface area contributed by atoms with Crippen molar-refractivity contribution < 1.29 is 0 Å². The zero-order valence-electron chi connectivity index (χ0n) is 8.71. The molecular weight excluding hydrogens is 275 g/mol. The van der Waals surface area contributed by atoms with Gasteiger partial charge in [0.05, 0.1) is 27.4 Å². The number of benzene rings is 1. The summed E-state index contributed by atoms with van der Waals surface area (Å²) in [6.07, 6.45) is 0. The van der Waals surface area contributed by atoms with E-state index in [1.165, 1.54) is 0 Å². The molecule has 17 heavy (non-hydrogen) atoms. The van der Waals surface area contributed by atoms with Crippen LogP contribution in [0.3, 0.4) is 0 Å². The van der Waals surface area contributed by atoms with Gasteiger partial charge >= 0.3 is 0 Å². The third-order valence-corrected chi connectivity index (χ3v) is 3.77. The summed E-state index contributed by atoms with van der Waals surface area (Å²) in [6, 6.07) is 9.14. The molecule has 5 heteroatoms. The first-order valence-corrected chi connectivity index (χ1v) is 6.49. The molecule has 0 saturated heterocycles. The van der Waals surface area contributed by atoms with E-state index in [9.17, 15) is 0 Å². The number of nitrogens with zero attached hydrogens (tertiary/aromatic N) is 1. The Morgan fingerprint density at radius 2 is 2.12 bits per heavy atom. The Balaban J connectivity index is 2.07. The molecule has 2 aromatic rings. The topological polar surface area (TPSA) is 35.8 Å². The van der Waals surface area contributed by atoms with Crippen molar-refractivity contribution in [3.63, 3.8) is 0 Å². The summed E-state index contributed by atoms with van der Waals surface area (Å²) < 4.78 is 0. The second kappa shape index (κ2) is 5.42. The summed E-state index contributed by atoms with van der Waals surface area (Å²) in [6.45, 7) is 0.670. The number of halogens is 2. The highest BCUT2D eigenvalue weighted by molar-refractivity contribution is 7.10. The van der Waals surface area contributed by atoms with Crippen LogP contribution in [0.25, 0.3) is 0 Å². The van der Waals surface area contributed by atoms with Gasteiger partial charge in [-0.1, -0.05) is 23.2 Å². The van der Waals surface area contributed by atoms with Gasteiger partial charge in [-0.3, -0.25) is 0 Å². The van der Waals surface area contributed by atoms with Crippen LogP contribution in [-0.4, -0.2) is 0 Å². The van der Waals surface area contributed by atoms with Crippen molar-refractivity contribution in [3.8, 4) is 6.07 Å². The highest BCUT2D eigenvalue weighted by Crippen LogP contribution is 2.25. The molecule has 1 heterocycles. The van der Waals surface area contributed by atoms with E-state index >= 15 is 0 Å². The van der Waals surface area contributed by atoms with E-state index in [-0.39, 0.29) is 0 Å². The summed E-state index contributed by atoms with van der Waals surface area (Å²) in [7, 11) is 0. The molecule has 2 nitrogen and oxygen atoms in total. The van der Waals surface area contributed by atoms with Crippen LogP contribution in [0.4, 0.5) is 5.69 Å². The van der Waals surface area contributed by atoms with Crippen LogP contribution >= 0.6 is 34.5 Å². The van der Waals surface area contributed by atoms with E-state index < -0.39 is 0 Å². The molecule has 0 unspecified atom stereocenters. The first kappa shape index (κ1) is 12.3. The molecule has 0 aliphatic heterocycles. The Bertz CT molecular complexity index is 572. The van der Waals surface area contributed by atoms with Crippen molar-refractivity contribution in [3.05, 3.63) is 50.1 Å². The first-order valence-electron chi connectivity index (χ1n) is 4.85. The molecule has 1 aromatic carbocycles. The number of nitriles is 1. The lowest BCUT2D eigenvalue weighted by Gasteiger charge is -2.06. The Labute approximate surface area is 113 Å². The average molecular weight is 283 g/mol. The van der Waals surface area contributed by atoms with Gasteiger partial charge in [0.25, 0.3) is 0 Å². The molecule has 2 rings (SSSR count). The minimum Gasteiger partial charge on any atom is -0.379 e. The Hall–Kier alpha value is -1.21. The van der Waals surface area contributed by atoms with Gasteiger partial charge in [-0.2, -0.15) is 5.26 Å². The van der Waals surface area contributed by atoms with Crippen LogP contribution in [0, 0.1) is 11.3 Å². The number of hydrogen-bond acceptors (Lipinski definition) is 3. The summed E-state index contributed by atoms with van der Waals surface area (Å²) in [5.41, 5.74) is 1.37. The highest BCUT2D eigenvalue weighted by atomic mass is 35.5. The Morgan fingerprint density at radius 1 is 1.29 bits per heavy atom. The number of nitrogens with one attached hydrogen (secondary N) is 1. The number of rotatable bonds is 3. The molecule has 0 fully saturated rings. The molecule has 0 amide bonds. The Kier molecular flexibility index (Phi) is 3.90. The van der Waals surface area contributed by atoms with Crippen molar-refractivity contribution in [2.45, 2.75) is 6.54 Å². The van der Waals surface area contributed by atoms with Crippen molar-refractivity contribution in [2.24, 2.45) is 0 Å². The summed E-state index contributed by atoms with van der Waals surface area (Å²) in [4.78, 5) is 1.13. The van der Waals surface area contributed by atoms with Crippen molar-refractivity contribution in [2.75, 3.05) is 5.32 Å². The third-order valence-electron chi connectivity index (χ3n) is 2.17. The molecule has 86 valence electrons. The average Bonchev–Trinajstić information content (AvgIpc) is 2.73. The fourth-order valence-electron chi connectivity index (χ4n) is 1.36. The van der Waals surface area contributed by atoms with Gasteiger partial charge in [0.15, 0.2) is 0 Å². The zero-order valence-corrected chi connectivity index (χ0v) is 11.0. The van der Waals surface area contributed by atoms with Crippen molar-refractivity contribution >= 4 is 40.2 Å². The van der Waals surface area contributed by atoms with Crippen LogP contribution in [0.2, 0.25) is 10.0 Å². The summed E-state index contributed by atoms with van der Waals surface area (Å²) in [5, 5.41) is 15.1. The maximum atomic E-state index is 8.72. The molecular formula is C12H8Cl2N2S. The molecule has 0 atom stereocenters. The van der Waals surface area contributed by atoms with E-state index in [4.69, 9.17) is 28.5 Å². The van der Waals surface area contributed by atoms with E-state index in [1.54, 1.807) is 29.5 Å². The normalized spacial score (nSPS) is 9.94. The largest absolute Gasteiger partial charge is 0.379 e. The second-order valence-electron chi connectivity index (χ2n) is 3.39. The number of hydrogen-bond donors (Lipinski definition) is 1. The fraction of sp³-hybridized carbons (Fsp3) is 0.0833. The molecule has 0 radical (unpaired) electrons. The minimum atomic E-state index is 0.548. The minimum absolute atomic E-state index is 0.548. The SMILES string of the molecule is N#Cc1ccc(NCc2cc(Cl)cs2)c(Cl)c1. The van der Waals surface area contributed by atoms with Gasteiger partial charge < -0.3 is 5.32 Å². The molecule has 0 aliphatic rings. The fourth-order valence-corrected chi connectivity index (χ4v) is 2.62. The van der Waals surface area contributed by atoms with Gasteiger partial charge in [0.1, 0.15) is 0 Å². The number of anilines is 1. The first-order chi connectivity index (χ1) is 8.19. The second-order valence-corrected chi connectivity index (χ2v) is 5.23. The molecule has 0 bridgehead atoms. The quantitative estimate of drug-likeness (QED) is 0.897. The van der Waals surface area contributed by atoms with Gasteiger partial charge in [-0.25, -0.2) is 0 Å².